The van der Waals surface area contributed by atoms with Crippen LogP contribution >= 0.6 is 0 Å². The lowest BCUT2D eigenvalue weighted by Crippen LogP contribution is -2.53. The molecule has 2 N–H and O–H groups in total. The summed E-state index contributed by atoms with van der Waals surface area (Å²) in [6.45, 7) is 2.46. The minimum atomic E-state index is -5.18. The fraction of sp³-hybridized carbons (Fsp3) is 0.235. The number of nitriles is 1. The SMILES string of the molecule is CC1=C(C#N)[C@@](c2c(C)[nH]n(-c3ccccc3)c2=O)(C(F)(F)F)C(=O)N1. The fourth-order valence-corrected chi connectivity index (χ4v) is 3.29. The highest BCUT2D eigenvalue weighted by Gasteiger charge is 2.69. The molecule has 0 aliphatic carbocycles. The van der Waals surface area contributed by atoms with Gasteiger partial charge in [0.1, 0.15) is 0 Å². The molecule has 0 saturated heterocycles. The molecule has 2 heterocycles. The van der Waals surface area contributed by atoms with Gasteiger partial charge in [-0.1, -0.05) is 18.2 Å². The van der Waals surface area contributed by atoms with E-state index in [1.54, 1.807) is 18.2 Å². The first-order chi connectivity index (χ1) is 12.2. The lowest BCUT2D eigenvalue weighted by molar-refractivity contribution is -0.183. The van der Waals surface area contributed by atoms with E-state index in [1.807, 2.05) is 0 Å². The first kappa shape index (κ1) is 17.5. The van der Waals surface area contributed by atoms with Crippen LogP contribution in [0.3, 0.4) is 0 Å². The number of H-pyrrole nitrogens is 1. The van der Waals surface area contributed by atoms with Crippen molar-refractivity contribution in [2.75, 3.05) is 0 Å². The van der Waals surface area contributed by atoms with Gasteiger partial charge in [-0.25, -0.2) is 4.68 Å². The van der Waals surface area contributed by atoms with E-state index in [0.717, 1.165) is 4.68 Å². The first-order valence-electron chi connectivity index (χ1n) is 7.53. The smallest absolute Gasteiger partial charge is 0.328 e. The molecule has 0 radical (unpaired) electrons. The summed E-state index contributed by atoms with van der Waals surface area (Å²) in [5, 5.41) is 13.9. The summed E-state index contributed by atoms with van der Waals surface area (Å²) in [6, 6.07) is 9.44. The molecule has 0 saturated carbocycles. The summed E-state index contributed by atoms with van der Waals surface area (Å²) in [5.41, 5.74) is -6.07. The number of para-hydroxylation sites is 1. The number of halogens is 3. The van der Waals surface area contributed by atoms with Crippen molar-refractivity contribution in [3.8, 4) is 11.8 Å². The molecule has 9 heteroatoms. The van der Waals surface area contributed by atoms with E-state index < -0.39 is 34.2 Å². The van der Waals surface area contributed by atoms with Gasteiger partial charge in [0.05, 0.1) is 22.9 Å². The molecule has 1 aromatic carbocycles. The summed E-state index contributed by atoms with van der Waals surface area (Å²) in [4.78, 5) is 25.2. The van der Waals surface area contributed by atoms with E-state index in [9.17, 15) is 28.0 Å². The van der Waals surface area contributed by atoms with Crippen LogP contribution in [0.1, 0.15) is 18.2 Å². The van der Waals surface area contributed by atoms with E-state index in [1.165, 1.54) is 32.0 Å². The largest absolute Gasteiger partial charge is 0.412 e. The minimum Gasteiger partial charge on any atom is -0.328 e. The fourth-order valence-electron chi connectivity index (χ4n) is 3.29. The standard InChI is InChI=1S/C17H13F3N4O2/c1-9-12(8-21)16(15(26)22-9,17(18,19)20)13-10(2)23-24(14(13)25)11-6-4-3-5-7-11/h3-7,23H,1-2H3,(H,22,26)/t16-/m0/s1. The zero-order valence-corrected chi connectivity index (χ0v) is 13.7. The Kier molecular flexibility index (Phi) is 3.79. The molecule has 1 aromatic heterocycles. The number of benzene rings is 1. The maximum absolute atomic E-state index is 14.1. The number of aromatic nitrogens is 2. The van der Waals surface area contributed by atoms with E-state index >= 15 is 0 Å². The molecular weight excluding hydrogens is 349 g/mol. The second-order valence-corrected chi connectivity index (χ2v) is 5.90. The Morgan fingerprint density at radius 3 is 2.31 bits per heavy atom. The highest BCUT2D eigenvalue weighted by atomic mass is 19.4. The molecule has 0 bridgehead atoms. The van der Waals surface area contributed by atoms with E-state index in [4.69, 9.17) is 0 Å². The number of alkyl halides is 3. The summed E-state index contributed by atoms with van der Waals surface area (Å²) >= 11 is 0. The monoisotopic (exact) mass is 362 g/mol. The Morgan fingerprint density at radius 1 is 1.15 bits per heavy atom. The average molecular weight is 362 g/mol. The summed E-state index contributed by atoms with van der Waals surface area (Å²) in [7, 11) is 0. The number of hydrogen-bond acceptors (Lipinski definition) is 3. The van der Waals surface area contributed by atoms with Crippen molar-refractivity contribution < 1.29 is 18.0 Å². The number of amides is 1. The van der Waals surface area contributed by atoms with Crippen molar-refractivity contribution in [1.29, 1.82) is 5.26 Å². The van der Waals surface area contributed by atoms with Crippen LogP contribution in [0.4, 0.5) is 13.2 Å². The van der Waals surface area contributed by atoms with Crippen LogP contribution in [0.2, 0.25) is 0 Å². The van der Waals surface area contributed by atoms with Crippen molar-refractivity contribution in [1.82, 2.24) is 15.1 Å². The van der Waals surface area contributed by atoms with E-state index in [2.05, 4.69) is 10.4 Å². The summed E-state index contributed by atoms with van der Waals surface area (Å²) in [6.07, 6.45) is -5.18. The van der Waals surface area contributed by atoms with E-state index in [-0.39, 0.29) is 11.4 Å². The number of aryl methyl sites for hydroxylation is 1. The molecule has 134 valence electrons. The molecule has 2 aromatic rings. The van der Waals surface area contributed by atoms with Crippen molar-refractivity contribution in [2.45, 2.75) is 25.4 Å². The van der Waals surface area contributed by atoms with Gasteiger partial charge >= 0.3 is 6.18 Å². The molecule has 3 rings (SSSR count). The molecule has 0 spiro atoms. The van der Waals surface area contributed by atoms with Crippen LogP contribution in [0.15, 0.2) is 46.4 Å². The molecule has 1 atom stereocenters. The third-order valence-electron chi connectivity index (χ3n) is 4.39. The van der Waals surface area contributed by atoms with Crippen LogP contribution in [0.25, 0.3) is 5.69 Å². The molecular formula is C17H13F3N4O2. The summed E-state index contributed by atoms with van der Waals surface area (Å²) < 4.78 is 43.3. The molecule has 0 unspecified atom stereocenters. The Hall–Kier alpha value is -3.28. The second kappa shape index (κ2) is 5.62. The molecule has 1 aliphatic heterocycles. The van der Waals surface area contributed by atoms with Crippen molar-refractivity contribution in [2.24, 2.45) is 0 Å². The van der Waals surface area contributed by atoms with Gasteiger partial charge in [0.25, 0.3) is 5.56 Å². The van der Waals surface area contributed by atoms with Gasteiger partial charge in [0.2, 0.25) is 11.3 Å². The van der Waals surface area contributed by atoms with Gasteiger partial charge in [-0.3, -0.25) is 14.7 Å². The van der Waals surface area contributed by atoms with Gasteiger partial charge in [0, 0.05) is 11.4 Å². The highest BCUT2D eigenvalue weighted by molar-refractivity contribution is 5.99. The van der Waals surface area contributed by atoms with Crippen LogP contribution in [-0.4, -0.2) is 21.9 Å². The second-order valence-electron chi connectivity index (χ2n) is 5.90. The van der Waals surface area contributed by atoms with Gasteiger partial charge in [0.15, 0.2) is 0 Å². The lowest BCUT2D eigenvalue weighted by atomic mass is 9.74. The normalized spacial score (nSPS) is 20.2. The first-order valence-corrected chi connectivity index (χ1v) is 7.53. The average Bonchev–Trinajstić information content (AvgIpc) is 3.00. The van der Waals surface area contributed by atoms with Crippen LogP contribution in [0, 0.1) is 18.3 Å². The van der Waals surface area contributed by atoms with Gasteiger partial charge < -0.3 is 5.32 Å². The maximum atomic E-state index is 14.1. The van der Waals surface area contributed by atoms with Crippen molar-refractivity contribution >= 4 is 5.91 Å². The van der Waals surface area contributed by atoms with Crippen LogP contribution in [-0.2, 0) is 10.2 Å². The number of rotatable bonds is 2. The highest BCUT2D eigenvalue weighted by Crippen LogP contribution is 2.49. The third-order valence-corrected chi connectivity index (χ3v) is 4.39. The Labute approximate surface area is 145 Å². The zero-order valence-electron chi connectivity index (χ0n) is 13.7. The van der Waals surface area contributed by atoms with Gasteiger partial charge in [-0.05, 0) is 26.0 Å². The number of aromatic amines is 1. The molecule has 26 heavy (non-hydrogen) atoms. The number of nitrogens with one attached hydrogen (secondary N) is 2. The Morgan fingerprint density at radius 2 is 1.77 bits per heavy atom. The minimum absolute atomic E-state index is 0.145. The number of nitrogens with zero attached hydrogens (tertiary/aromatic N) is 2. The van der Waals surface area contributed by atoms with Crippen molar-refractivity contribution in [3.05, 3.63) is 63.2 Å². The Bertz CT molecular complexity index is 1030. The number of carbonyl (C=O) groups excluding carboxylic acids is 1. The molecule has 0 fully saturated rings. The molecule has 1 amide bonds. The predicted molar refractivity (Wildman–Crippen MR) is 85.3 cm³/mol. The number of carbonyl (C=O) groups is 1. The Balaban J connectivity index is 2.41. The lowest BCUT2D eigenvalue weighted by Gasteiger charge is -2.28. The number of hydrogen-bond donors (Lipinski definition) is 2. The third kappa shape index (κ3) is 2.12. The van der Waals surface area contributed by atoms with Gasteiger partial charge in [-0.15, -0.1) is 0 Å². The topological polar surface area (TPSA) is 90.7 Å². The van der Waals surface area contributed by atoms with Crippen LogP contribution < -0.4 is 10.9 Å². The van der Waals surface area contributed by atoms with Gasteiger partial charge in [-0.2, -0.15) is 18.4 Å². The predicted octanol–water partition coefficient (Wildman–Crippen LogP) is 2.20. The maximum Gasteiger partial charge on any atom is 0.412 e. The number of allylic oxidation sites excluding steroid dienone is 1. The molecule has 1 aliphatic rings. The molecule has 6 nitrogen and oxygen atoms in total. The zero-order chi connectivity index (χ0) is 19.3. The van der Waals surface area contributed by atoms with E-state index in [0.29, 0.717) is 5.69 Å². The summed E-state index contributed by atoms with van der Waals surface area (Å²) in [5.74, 6) is -1.46. The quantitative estimate of drug-likeness (QED) is 0.858. The van der Waals surface area contributed by atoms with Crippen molar-refractivity contribution in [3.63, 3.8) is 0 Å². The van der Waals surface area contributed by atoms with Crippen LogP contribution in [0.5, 0.6) is 0 Å².